The maximum absolute atomic E-state index is 13.2. The van der Waals surface area contributed by atoms with Gasteiger partial charge in [-0.05, 0) is 55.3 Å². The van der Waals surface area contributed by atoms with Crippen molar-refractivity contribution in [3.63, 3.8) is 0 Å². The molecule has 1 aliphatic rings. The Labute approximate surface area is 187 Å². The highest BCUT2D eigenvalue weighted by Crippen LogP contribution is 2.26. The molecule has 0 aromatic heterocycles. The maximum atomic E-state index is 13.2. The van der Waals surface area contributed by atoms with Crippen molar-refractivity contribution in [2.24, 2.45) is 0 Å². The Balaban J connectivity index is 1.51. The van der Waals surface area contributed by atoms with E-state index in [1.165, 1.54) is 36.3 Å². The molecule has 1 heterocycles. The van der Waals surface area contributed by atoms with Crippen LogP contribution in [0.3, 0.4) is 0 Å². The SMILES string of the molecule is COc1ccc(S(=O)(=O)C2CCN(C(=O)CCNS(=O)(=O)c3cccc(F)c3)CC2)cc1. The second-order valence-corrected chi connectivity index (χ2v) is 11.4. The summed E-state index contributed by atoms with van der Waals surface area (Å²) in [5, 5.41) is -0.591. The van der Waals surface area contributed by atoms with Gasteiger partial charge in [0.2, 0.25) is 15.9 Å². The van der Waals surface area contributed by atoms with Crippen molar-refractivity contribution in [2.75, 3.05) is 26.7 Å². The van der Waals surface area contributed by atoms with Crippen LogP contribution in [-0.4, -0.2) is 59.6 Å². The van der Waals surface area contributed by atoms with Gasteiger partial charge in [0.15, 0.2) is 9.84 Å². The predicted octanol–water partition coefficient (Wildman–Crippen LogP) is 1.97. The first-order valence-electron chi connectivity index (χ1n) is 10.0. The molecular formula is C21H25FN2O6S2. The largest absolute Gasteiger partial charge is 0.497 e. The molecule has 0 saturated carbocycles. The molecule has 0 aliphatic carbocycles. The van der Waals surface area contributed by atoms with Gasteiger partial charge in [0.05, 0.1) is 22.2 Å². The number of nitrogens with one attached hydrogen (secondary N) is 1. The number of piperidine rings is 1. The van der Waals surface area contributed by atoms with Crippen LogP contribution >= 0.6 is 0 Å². The Morgan fingerprint density at radius 3 is 2.31 bits per heavy atom. The molecule has 0 spiro atoms. The Bertz CT molecular complexity index is 1160. The van der Waals surface area contributed by atoms with Crippen molar-refractivity contribution in [1.29, 1.82) is 0 Å². The average molecular weight is 485 g/mol. The van der Waals surface area contributed by atoms with Gasteiger partial charge in [-0.15, -0.1) is 0 Å². The van der Waals surface area contributed by atoms with Crippen LogP contribution in [0.5, 0.6) is 5.75 Å². The number of hydrogen-bond acceptors (Lipinski definition) is 6. The smallest absolute Gasteiger partial charge is 0.240 e. The highest BCUT2D eigenvalue weighted by molar-refractivity contribution is 7.92. The van der Waals surface area contributed by atoms with Crippen LogP contribution in [0.2, 0.25) is 0 Å². The molecule has 2 aromatic rings. The highest BCUT2D eigenvalue weighted by Gasteiger charge is 2.32. The fourth-order valence-electron chi connectivity index (χ4n) is 3.54. The second-order valence-electron chi connectivity index (χ2n) is 7.41. The van der Waals surface area contributed by atoms with Gasteiger partial charge in [-0.2, -0.15) is 0 Å². The highest BCUT2D eigenvalue weighted by atomic mass is 32.2. The molecule has 1 amide bonds. The Morgan fingerprint density at radius 1 is 1.06 bits per heavy atom. The van der Waals surface area contributed by atoms with Gasteiger partial charge in [0.25, 0.3) is 0 Å². The number of sulfone groups is 1. The zero-order chi connectivity index (χ0) is 23.4. The first kappa shape index (κ1) is 24.1. The summed E-state index contributed by atoms with van der Waals surface area (Å²) in [5.41, 5.74) is 0. The van der Waals surface area contributed by atoms with E-state index in [1.807, 2.05) is 0 Å². The molecule has 1 aliphatic heterocycles. The lowest BCUT2D eigenvalue weighted by Gasteiger charge is -2.32. The third-order valence-electron chi connectivity index (χ3n) is 5.36. The molecule has 2 aromatic carbocycles. The molecule has 8 nitrogen and oxygen atoms in total. The van der Waals surface area contributed by atoms with Crippen molar-refractivity contribution < 1.29 is 30.8 Å². The molecule has 11 heteroatoms. The van der Waals surface area contributed by atoms with E-state index in [-0.39, 0.29) is 41.8 Å². The number of benzene rings is 2. The topological polar surface area (TPSA) is 110 Å². The van der Waals surface area contributed by atoms with E-state index in [4.69, 9.17) is 4.74 Å². The Kier molecular flexibility index (Phi) is 7.52. The molecular weight excluding hydrogens is 459 g/mol. The van der Waals surface area contributed by atoms with Crippen LogP contribution in [0.25, 0.3) is 0 Å². The number of ether oxygens (including phenoxy) is 1. The van der Waals surface area contributed by atoms with Crippen molar-refractivity contribution in [3.8, 4) is 5.75 Å². The molecule has 0 atom stereocenters. The number of carbonyl (C=O) groups is 1. The number of carbonyl (C=O) groups excluding carboxylic acids is 1. The van der Waals surface area contributed by atoms with Crippen LogP contribution in [0.1, 0.15) is 19.3 Å². The van der Waals surface area contributed by atoms with Gasteiger partial charge in [0, 0.05) is 26.1 Å². The van der Waals surface area contributed by atoms with E-state index >= 15 is 0 Å². The molecule has 32 heavy (non-hydrogen) atoms. The van der Waals surface area contributed by atoms with Crippen LogP contribution in [-0.2, 0) is 24.7 Å². The standard InChI is InChI=1S/C21H25FN2O6S2/c1-30-17-5-7-18(8-6-17)31(26,27)19-10-13-24(14-11-19)21(25)9-12-23-32(28,29)20-4-2-3-16(22)15-20/h2-8,15,19,23H,9-14H2,1H3. The number of amides is 1. The summed E-state index contributed by atoms with van der Waals surface area (Å²) >= 11 is 0. The van der Waals surface area contributed by atoms with Crippen LogP contribution in [0, 0.1) is 5.82 Å². The van der Waals surface area contributed by atoms with E-state index in [0.717, 1.165) is 12.1 Å². The van der Waals surface area contributed by atoms with Crippen LogP contribution < -0.4 is 9.46 Å². The molecule has 1 N–H and O–H groups in total. The lowest BCUT2D eigenvalue weighted by Crippen LogP contribution is -2.43. The molecule has 0 unspecified atom stereocenters. The van der Waals surface area contributed by atoms with Gasteiger partial charge in [0.1, 0.15) is 11.6 Å². The summed E-state index contributed by atoms with van der Waals surface area (Å²) in [5.74, 6) is -0.374. The Morgan fingerprint density at radius 2 is 1.72 bits per heavy atom. The number of halogens is 1. The molecule has 3 rings (SSSR count). The zero-order valence-corrected chi connectivity index (χ0v) is 19.2. The fraction of sp³-hybridized carbons (Fsp3) is 0.381. The summed E-state index contributed by atoms with van der Waals surface area (Å²) in [6.45, 7) is 0.410. The van der Waals surface area contributed by atoms with E-state index in [0.29, 0.717) is 18.6 Å². The van der Waals surface area contributed by atoms with E-state index in [1.54, 1.807) is 12.1 Å². The number of rotatable bonds is 8. The third-order valence-corrected chi connectivity index (χ3v) is 9.10. The molecule has 174 valence electrons. The third kappa shape index (κ3) is 5.64. The summed E-state index contributed by atoms with van der Waals surface area (Å²) in [4.78, 5) is 14.0. The van der Waals surface area contributed by atoms with Crippen molar-refractivity contribution in [2.45, 2.75) is 34.3 Å². The lowest BCUT2D eigenvalue weighted by atomic mass is 10.1. The summed E-state index contributed by atoms with van der Waals surface area (Å²) in [6.07, 6.45) is 0.523. The number of hydrogen-bond donors (Lipinski definition) is 1. The summed E-state index contributed by atoms with van der Waals surface area (Å²) < 4.78 is 70.7. The summed E-state index contributed by atoms with van der Waals surface area (Å²) in [6, 6.07) is 10.8. The average Bonchev–Trinajstić information content (AvgIpc) is 2.79. The quantitative estimate of drug-likeness (QED) is 0.614. The van der Waals surface area contributed by atoms with Gasteiger partial charge in [-0.3, -0.25) is 4.79 Å². The first-order chi connectivity index (χ1) is 15.1. The minimum absolute atomic E-state index is 0.0789. The molecule has 0 radical (unpaired) electrons. The minimum Gasteiger partial charge on any atom is -0.497 e. The van der Waals surface area contributed by atoms with Crippen molar-refractivity contribution >= 4 is 25.8 Å². The van der Waals surface area contributed by atoms with E-state index < -0.39 is 30.9 Å². The predicted molar refractivity (Wildman–Crippen MR) is 116 cm³/mol. The van der Waals surface area contributed by atoms with Crippen LogP contribution in [0.15, 0.2) is 58.3 Å². The number of methoxy groups -OCH3 is 1. The van der Waals surface area contributed by atoms with Gasteiger partial charge in [-0.1, -0.05) is 6.07 Å². The van der Waals surface area contributed by atoms with E-state index in [2.05, 4.69) is 4.72 Å². The zero-order valence-electron chi connectivity index (χ0n) is 17.5. The Hall–Kier alpha value is -2.50. The van der Waals surface area contributed by atoms with Gasteiger partial charge < -0.3 is 9.64 Å². The molecule has 1 saturated heterocycles. The van der Waals surface area contributed by atoms with Gasteiger partial charge in [-0.25, -0.2) is 25.9 Å². The van der Waals surface area contributed by atoms with Crippen molar-refractivity contribution in [1.82, 2.24) is 9.62 Å². The number of nitrogens with zero attached hydrogens (tertiary/aromatic N) is 1. The minimum atomic E-state index is -3.92. The number of likely N-dealkylation sites (tertiary alicyclic amines) is 1. The van der Waals surface area contributed by atoms with Crippen LogP contribution in [0.4, 0.5) is 4.39 Å². The number of sulfonamides is 1. The maximum Gasteiger partial charge on any atom is 0.240 e. The van der Waals surface area contributed by atoms with E-state index in [9.17, 15) is 26.0 Å². The first-order valence-corrected chi connectivity index (χ1v) is 13.1. The van der Waals surface area contributed by atoms with Gasteiger partial charge >= 0.3 is 0 Å². The lowest BCUT2D eigenvalue weighted by molar-refractivity contribution is -0.131. The normalized spacial score (nSPS) is 15.5. The van der Waals surface area contributed by atoms with Crippen molar-refractivity contribution in [3.05, 3.63) is 54.3 Å². The molecule has 1 fully saturated rings. The summed E-state index contributed by atoms with van der Waals surface area (Å²) in [7, 11) is -5.94. The second kappa shape index (κ2) is 9.97. The monoisotopic (exact) mass is 484 g/mol. The fourth-order valence-corrected chi connectivity index (χ4v) is 6.34. The molecule has 0 bridgehead atoms.